The third-order valence-electron chi connectivity index (χ3n) is 6.14. The highest BCUT2D eigenvalue weighted by atomic mass is 19.1. The zero-order valence-electron chi connectivity index (χ0n) is 18.4. The van der Waals surface area contributed by atoms with Crippen molar-refractivity contribution in [2.45, 2.75) is 25.3 Å². The molecule has 1 unspecified atom stereocenters. The van der Waals surface area contributed by atoms with Crippen molar-refractivity contribution >= 4 is 16.8 Å². The highest BCUT2D eigenvalue weighted by Crippen LogP contribution is 2.34. The van der Waals surface area contributed by atoms with Crippen molar-refractivity contribution in [1.82, 2.24) is 10.3 Å². The molecule has 33 heavy (non-hydrogen) atoms. The first-order chi connectivity index (χ1) is 16.1. The zero-order chi connectivity index (χ0) is 22.8. The van der Waals surface area contributed by atoms with Gasteiger partial charge in [-0.25, -0.2) is 4.39 Å². The summed E-state index contributed by atoms with van der Waals surface area (Å²) in [5.74, 6) is 1.25. The number of fused-ring (bicyclic) bond motifs is 2. The van der Waals surface area contributed by atoms with E-state index in [0.717, 1.165) is 51.2 Å². The summed E-state index contributed by atoms with van der Waals surface area (Å²) in [6.45, 7) is 0.575. The normalized spacial score (nSPS) is 15.0. The summed E-state index contributed by atoms with van der Waals surface area (Å²) in [4.78, 5) is 16.3. The van der Waals surface area contributed by atoms with Gasteiger partial charge in [-0.05, 0) is 66.1 Å². The number of hydrogen-bond donors (Lipinski definition) is 2. The van der Waals surface area contributed by atoms with E-state index in [4.69, 9.17) is 9.47 Å². The summed E-state index contributed by atoms with van der Waals surface area (Å²) < 4.78 is 25.0. The van der Waals surface area contributed by atoms with Crippen LogP contribution in [0.4, 0.5) is 4.39 Å². The van der Waals surface area contributed by atoms with Gasteiger partial charge in [0.2, 0.25) is 5.91 Å². The van der Waals surface area contributed by atoms with Crippen LogP contribution in [0.25, 0.3) is 22.2 Å². The van der Waals surface area contributed by atoms with E-state index in [1.54, 1.807) is 13.2 Å². The van der Waals surface area contributed by atoms with Gasteiger partial charge >= 0.3 is 0 Å². The minimum absolute atomic E-state index is 0.0388. The Morgan fingerprint density at radius 2 is 1.97 bits per heavy atom. The Bertz CT molecular complexity index is 1300. The molecule has 1 aliphatic heterocycles. The lowest BCUT2D eigenvalue weighted by atomic mass is 9.99. The maximum Gasteiger partial charge on any atom is 0.220 e. The van der Waals surface area contributed by atoms with E-state index in [1.807, 2.05) is 48.5 Å². The van der Waals surface area contributed by atoms with Gasteiger partial charge < -0.3 is 19.8 Å². The van der Waals surface area contributed by atoms with Gasteiger partial charge in [-0.3, -0.25) is 4.79 Å². The van der Waals surface area contributed by atoms with Crippen LogP contribution in [0.2, 0.25) is 0 Å². The molecule has 0 bridgehead atoms. The Morgan fingerprint density at radius 3 is 2.79 bits per heavy atom. The fourth-order valence-corrected chi connectivity index (χ4v) is 4.48. The van der Waals surface area contributed by atoms with Gasteiger partial charge in [0, 0.05) is 35.0 Å². The van der Waals surface area contributed by atoms with Crippen molar-refractivity contribution in [2.24, 2.45) is 0 Å². The predicted molar refractivity (Wildman–Crippen MR) is 126 cm³/mol. The summed E-state index contributed by atoms with van der Waals surface area (Å²) in [6.07, 6.45) is 1.52. The largest absolute Gasteiger partial charge is 0.497 e. The molecule has 0 spiro atoms. The van der Waals surface area contributed by atoms with Crippen LogP contribution in [-0.4, -0.2) is 24.6 Å². The number of halogens is 1. The molecule has 3 aromatic carbocycles. The summed E-state index contributed by atoms with van der Waals surface area (Å²) >= 11 is 0. The minimum atomic E-state index is -0.299. The summed E-state index contributed by atoms with van der Waals surface area (Å²) in [7, 11) is 1.63. The summed E-state index contributed by atoms with van der Waals surface area (Å²) in [5.41, 5.74) is 4.63. The first-order valence-corrected chi connectivity index (χ1v) is 11.1. The standard InChI is InChI=1S/C27H25FN2O3/c1-32-19-9-6-17(7-10-19)27-20(22-16-18(28)8-12-23(22)30-27)11-13-26(31)29-24-14-15-33-25-5-3-2-4-21(24)25/h2-10,12,16,24,30H,11,13-15H2,1H3,(H,29,31). The second kappa shape index (κ2) is 8.98. The van der Waals surface area contributed by atoms with Gasteiger partial charge in [-0.1, -0.05) is 18.2 Å². The lowest BCUT2D eigenvalue weighted by Crippen LogP contribution is -2.32. The van der Waals surface area contributed by atoms with Crippen LogP contribution in [0.1, 0.15) is 30.0 Å². The molecular formula is C27H25FN2O3. The van der Waals surface area contributed by atoms with Crippen molar-refractivity contribution in [3.05, 3.63) is 83.7 Å². The smallest absolute Gasteiger partial charge is 0.220 e. The monoisotopic (exact) mass is 444 g/mol. The number of nitrogens with one attached hydrogen (secondary N) is 2. The van der Waals surface area contributed by atoms with Gasteiger partial charge in [0.1, 0.15) is 17.3 Å². The van der Waals surface area contributed by atoms with Crippen LogP contribution in [0.5, 0.6) is 11.5 Å². The Kier molecular flexibility index (Phi) is 5.73. The molecular weight excluding hydrogens is 419 g/mol. The van der Waals surface area contributed by atoms with Crippen molar-refractivity contribution in [1.29, 1.82) is 0 Å². The van der Waals surface area contributed by atoms with Gasteiger partial charge in [-0.15, -0.1) is 0 Å². The zero-order valence-corrected chi connectivity index (χ0v) is 18.4. The Labute approximate surface area is 191 Å². The van der Waals surface area contributed by atoms with Crippen LogP contribution in [0.15, 0.2) is 66.7 Å². The summed E-state index contributed by atoms with van der Waals surface area (Å²) in [6, 6.07) is 20.1. The second-order valence-corrected chi connectivity index (χ2v) is 8.19. The molecule has 4 aromatic rings. The third-order valence-corrected chi connectivity index (χ3v) is 6.14. The number of aromatic nitrogens is 1. The number of rotatable bonds is 6. The number of aryl methyl sites for hydroxylation is 1. The molecule has 6 heteroatoms. The molecule has 1 atom stereocenters. The minimum Gasteiger partial charge on any atom is -0.497 e. The van der Waals surface area contributed by atoms with E-state index in [-0.39, 0.29) is 17.8 Å². The number of amides is 1. The molecule has 5 rings (SSSR count). The number of ether oxygens (including phenoxy) is 2. The molecule has 0 radical (unpaired) electrons. The maximum atomic E-state index is 14.1. The lowest BCUT2D eigenvalue weighted by molar-refractivity contribution is -0.122. The maximum absolute atomic E-state index is 14.1. The average Bonchev–Trinajstić information content (AvgIpc) is 3.20. The number of carbonyl (C=O) groups is 1. The average molecular weight is 445 g/mol. The number of carbonyl (C=O) groups excluding carboxylic acids is 1. The van der Waals surface area contributed by atoms with Crippen LogP contribution in [0, 0.1) is 5.82 Å². The molecule has 1 aromatic heterocycles. The molecule has 0 saturated carbocycles. The van der Waals surface area contributed by atoms with Crippen LogP contribution in [0.3, 0.4) is 0 Å². The van der Waals surface area contributed by atoms with Gasteiger partial charge in [0.05, 0.1) is 19.8 Å². The number of aromatic amines is 1. The van der Waals surface area contributed by atoms with Crippen molar-refractivity contribution < 1.29 is 18.7 Å². The molecule has 168 valence electrons. The molecule has 0 aliphatic carbocycles. The van der Waals surface area contributed by atoms with Gasteiger partial charge in [0.25, 0.3) is 0 Å². The molecule has 5 nitrogen and oxygen atoms in total. The van der Waals surface area contributed by atoms with Crippen LogP contribution < -0.4 is 14.8 Å². The van der Waals surface area contributed by atoms with E-state index < -0.39 is 0 Å². The molecule has 2 heterocycles. The summed E-state index contributed by atoms with van der Waals surface area (Å²) in [5, 5.41) is 3.95. The number of H-pyrrole nitrogens is 1. The molecule has 1 aliphatic rings. The lowest BCUT2D eigenvalue weighted by Gasteiger charge is -2.26. The topological polar surface area (TPSA) is 63.4 Å². The highest BCUT2D eigenvalue weighted by molar-refractivity contribution is 5.91. The Hall–Kier alpha value is -3.80. The highest BCUT2D eigenvalue weighted by Gasteiger charge is 2.23. The van der Waals surface area contributed by atoms with Crippen molar-refractivity contribution in [3.8, 4) is 22.8 Å². The number of methoxy groups -OCH3 is 1. The second-order valence-electron chi connectivity index (χ2n) is 8.19. The van der Waals surface area contributed by atoms with Crippen molar-refractivity contribution in [2.75, 3.05) is 13.7 Å². The van der Waals surface area contributed by atoms with E-state index in [9.17, 15) is 9.18 Å². The van der Waals surface area contributed by atoms with Crippen LogP contribution in [-0.2, 0) is 11.2 Å². The van der Waals surface area contributed by atoms with E-state index in [2.05, 4.69) is 10.3 Å². The Morgan fingerprint density at radius 1 is 1.15 bits per heavy atom. The van der Waals surface area contributed by atoms with Crippen LogP contribution >= 0.6 is 0 Å². The predicted octanol–water partition coefficient (Wildman–Crippen LogP) is 5.56. The SMILES string of the molecule is COc1ccc(-c2[nH]c3ccc(F)cc3c2CCC(=O)NC2CCOc3ccccc32)cc1. The Balaban J connectivity index is 1.39. The van der Waals surface area contributed by atoms with E-state index in [0.29, 0.717) is 19.4 Å². The molecule has 1 amide bonds. The fourth-order valence-electron chi connectivity index (χ4n) is 4.48. The third kappa shape index (κ3) is 4.29. The van der Waals surface area contributed by atoms with Gasteiger partial charge in [0.15, 0.2) is 0 Å². The molecule has 0 saturated heterocycles. The first kappa shape index (κ1) is 21.1. The molecule has 0 fully saturated rings. The molecule has 2 N–H and O–H groups in total. The fraction of sp³-hybridized carbons (Fsp3) is 0.222. The first-order valence-electron chi connectivity index (χ1n) is 11.1. The number of hydrogen-bond acceptors (Lipinski definition) is 3. The number of para-hydroxylation sites is 1. The van der Waals surface area contributed by atoms with E-state index >= 15 is 0 Å². The quantitative estimate of drug-likeness (QED) is 0.410. The van der Waals surface area contributed by atoms with Gasteiger partial charge in [-0.2, -0.15) is 0 Å². The number of benzene rings is 3. The van der Waals surface area contributed by atoms with Crippen molar-refractivity contribution in [3.63, 3.8) is 0 Å². The van der Waals surface area contributed by atoms with E-state index in [1.165, 1.54) is 12.1 Å².